The fourth-order valence-corrected chi connectivity index (χ4v) is 3.68. The summed E-state index contributed by atoms with van der Waals surface area (Å²) in [4.78, 5) is 32.0. The zero-order valence-corrected chi connectivity index (χ0v) is 17.3. The van der Waals surface area contributed by atoms with Gasteiger partial charge in [-0.25, -0.2) is 9.78 Å². The van der Waals surface area contributed by atoms with Crippen molar-refractivity contribution in [2.75, 3.05) is 5.32 Å². The van der Waals surface area contributed by atoms with Crippen molar-refractivity contribution in [3.63, 3.8) is 0 Å². The third-order valence-corrected chi connectivity index (χ3v) is 5.33. The Morgan fingerprint density at radius 3 is 2.77 bits per heavy atom. The standard InChI is InChI=1S/C22H20N4O3S/c1-14-11-23-22(28)26(14)20-9-4-3-8-19(20)25-21(27)16-6-5-7-18(10-16)29-12-17-13-30-15(2)24-17/h3-11,13H,12H2,1-2H3,(H,23,28)(H,25,27). The highest BCUT2D eigenvalue weighted by molar-refractivity contribution is 7.09. The van der Waals surface area contributed by atoms with Crippen molar-refractivity contribution in [1.29, 1.82) is 0 Å². The number of rotatable bonds is 6. The zero-order chi connectivity index (χ0) is 21.1. The molecule has 0 bridgehead atoms. The number of nitrogens with one attached hydrogen (secondary N) is 2. The molecule has 0 unspecified atom stereocenters. The molecule has 2 aromatic heterocycles. The molecule has 0 saturated carbocycles. The van der Waals surface area contributed by atoms with Gasteiger partial charge in [-0.05, 0) is 44.2 Å². The zero-order valence-electron chi connectivity index (χ0n) is 16.5. The second-order valence-electron chi connectivity index (χ2n) is 6.72. The average molecular weight is 420 g/mol. The third kappa shape index (κ3) is 4.18. The Morgan fingerprint density at radius 2 is 2.03 bits per heavy atom. The highest BCUT2D eigenvalue weighted by atomic mass is 32.1. The Morgan fingerprint density at radius 1 is 1.20 bits per heavy atom. The van der Waals surface area contributed by atoms with E-state index >= 15 is 0 Å². The molecule has 0 aliphatic rings. The fraction of sp³-hybridized carbons (Fsp3) is 0.136. The van der Waals surface area contributed by atoms with E-state index in [4.69, 9.17) is 4.74 Å². The van der Waals surface area contributed by atoms with Crippen molar-refractivity contribution in [3.8, 4) is 11.4 Å². The maximum absolute atomic E-state index is 12.9. The van der Waals surface area contributed by atoms with Crippen molar-refractivity contribution < 1.29 is 9.53 Å². The number of imidazole rings is 1. The Hall–Kier alpha value is -3.65. The molecule has 7 nitrogen and oxygen atoms in total. The Kier molecular flexibility index (Phi) is 5.49. The van der Waals surface area contributed by atoms with Crippen LogP contribution < -0.4 is 15.7 Å². The summed E-state index contributed by atoms with van der Waals surface area (Å²) in [5.41, 5.74) is 2.93. The van der Waals surface area contributed by atoms with Crippen LogP contribution in [-0.2, 0) is 6.61 Å². The Balaban J connectivity index is 1.53. The molecule has 0 fully saturated rings. The second-order valence-corrected chi connectivity index (χ2v) is 7.78. The normalized spacial score (nSPS) is 10.7. The van der Waals surface area contributed by atoms with Gasteiger partial charge >= 0.3 is 5.69 Å². The van der Waals surface area contributed by atoms with Crippen molar-refractivity contribution in [1.82, 2.24) is 14.5 Å². The van der Waals surface area contributed by atoms with E-state index in [-0.39, 0.29) is 11.6 Å². The van der Waals surface area contributed by atoms with Gasteiger partial charge in [0.05, 0.1) is 22.1 Å². The van der Waals surface area contributed by atoms with Crippen LogP contribution in [0.15, 0.2) is 64.9 Å². The Bertz CT molecular complexity index is 1260. The summed E-state index contributed by atoms with van der Waals surface area (Å²) in [5, 5.41) is 5.83. The van der Waals surface area contributed by atoms with Crippen LogP contribution in [0.2, 0.25) is 0 Å². The fourth-order valence-electron chi connectivity index (χ4n) is 3.08. The molecule has 4 aromatic rings. The topological polar surface area (TPSA) is 89.0 Å². The number of hydrogen-bond acceptors (Lipinski definition) is 5. The van der Waals surface area contributed by atoms with Gasteiger partial charge in [0.2, 0.25) is 0 Å². The molecule has 2 heterocycles. The van der Waals surface area contributed by atoms with Gasteiger partial charge in [-0.15, -0.1) is 11.3 Å². The molecule has 152 valence electrons. The monoisotopic (exact) mass is 420 g/mol. The SMILES string of the molecule is Cc1nc(COc2cccc(C(=O)Nc3ccccc3-n3c(C)c[nH]c3=O)c2)cs1. The molecule has 0 atom stereocenters. The van der Waals surface area contributed by atoms with Gasteiger partial charge in [-0.1, -0.05) is 18.2 Å². The molecule has 0 saturated heterocycles. The highest BCUT2D eigenvalue weighted by Gasteiger charge is 2.13. The number of H-pyrrole nitrogens is 1. The smallest absolute Gasteiger partial charge is 0.330 e. The number of ether oxygens (including phenoxy) is 1. The van der Waals surface area contributed by atoms with E-state index in [0.717, 1.165) is 16.4 Å². The van der Waals surface area contributed by atoms with E-state index in [1.165, 1.54) is 4.57 Å². The summed E-state index contributed by atoms with van der Waals surface area (Å²) >= 11 is 1.57. The van der Waals surface area contributed by atoms with E-state index in [0.29, 0.717) is 29.3 Å². The molecule has 0 aliphatic carbocycles. The van der Waals surface area contributed by atoms with E-state index < -0.39 is 0 Å². The summed E-state index contributed by atoms with van der Waals surface area (Å²) in [6.07, 6.45) is 1.63. The molecule has 2 N–H and O–H groups in total. The molecular weight excluding hydrogens is 400 g/mol. The minimum atomic E-state index is -0.293. The van der Waals surface area contributed by atoms with Crippen LogP contribution in [0.4, 0.5) is 5.69 Å². The second kappa shape index (κ2) is 8.38. The van der Waals surface area contributed by atoms with Crippen LogP contribution >= 0.6 is 11.3 Å². The van der Waals surface area contributed by atoms with Gasteiger partial charge in [0.15, 0.2) is 0 Å². The first kappa shape index (κ1) is 19.7. The number of para-hydroxylation sites is 2. The number of carbonyl (C=O) groups excluding carboxylic acids is 1. The predicted molar refractivity (Wildman–Crippen MR) is 117 cm³/mol. The molecular formula is C22H20N4O3S. The van der Waals surface area contributed by atoms with Gasteiger partial charge in [0.1, 0.15) is 12.4 Å². The van der Waals surface area contributed by atoms with Crippen molar-refractivity contribution in [3.05, 3.63) is 92.6 Å². The number of anilines is 1. The minimum Gasteiger partial charge on any atom is -0.487 e. The number of hydrogen-bond donors (Lipinski definition) is 2. The van der Waals surface area contributed by atoms with Gasteiger partial charge in [0, 0.05) is 22.8 Å². The third-order valence-electron chi connectivity index (χ3n) is 4.50. The van der Waals surface area contributed by atoms with Crippen LogP contribution in [0.1, 0.15) is 26.8 Å². The molecule has 4 rings (SSSR count). The quantitative estimate of drug-likeness (QED) is 0.492. The number of aromatic nitrogens is 3. The lowest BCUT2D eigenvalue weighted by Crippen LogP contribution is -2.19. The summed E-state index contributed by atoms with van der Waals surface area (Å²) in [5.74, 6) is 0.290. The summed E-state index contributed by atoms with van der Waals surface area (Å²) in [6, 6.07) is 14.1. The van der Waals surface area contributed by atoms with Gasteiger partial charge in [0.25, 0.3) is 5.91 Å². The largest absolute Gasteiger partial charge is 0.487 e. The molecule has 0 radical (unpaired) electrons. The lowest BCUT2D eigenvalue weighted by Gasteiger charge is -2.13. The van der Waals surface area contributed by atoms with Crippen molar-refractivity contribution >= 4 is 22.9 Å². The van der Waals surface area contributed by atoms with Gasteiger partial charge in [-0.3, -0.25) is 9.36 Å². The van der Waals surface area contributed by atoms with E-state index in [9.17, 15) is 9.59 Å². The summed E-state index contributed by atoms with van der Waals surface area (Å²) in [6.45, 7) is 4.11. The van der Waals surface area contributed by atoms with Crippen LogP contribution in [0.5, 0.6) is 5.75 Å². The maximum Gasteiger partial charge on any atom is 0.330 e. The first-order chi connectivity index (χ1) is 14.5. The number of thiazole rings is 1. The van der Waals surface area contributed by atoms with E-state index in [1.807, 2.05) is 31.4 Å². The summed E-state index contributed by atoms with van der Waals surface area (Å²) in [7, 11) is 0. The number of benzene rings is 2. The Labute approximate surface area is 177 Å². The number of carbonyl (C=O) groups is 1. The van der Waals surface area contributed by atoms with Crippen molar-refractivity contribution in [2.45, 2.75) is 20.5 Å². The van der Waals surface area contributed by atoms with Crippen LogP contribution in [0.25, 0.3) is 5.69 Å². The lowest BCUT2D eigenvalue weighted by atomic mass is 10.2. The van der Waals surface area contributed by atoms with E-state index in [1.54, 1.807) is 53.9 Å². The molecule has 8 heteroatoms. The first-order valence-corrected chi connectivity index (χ1v) is 10.2. The van der Waals surface area contributed by atoms with E-state index in [2.05, 4.69) is 15.3 Å². The minimum absolute atomic E-state index is 0.262. The molecule has 0 spiro atoms. The van der Waals surface area contributed by atoms with Crippen LogP contribution in [0.3, 0.4) is 0 Å². The molecule has 1 amide bonds. The predicted octanol–water partition coefficient (Wildman–Crippen LogP) is 4.07. The average Bonchev–Trinajstić information content (AvgIpc) is 3.32. The lowest BCUT2D eigenvalue weighted by molar-refractivity contribution is 0.102. The number of aromatic amines is 1. The van der Waals surface area contributed by atoms with Crippen LogP contribution in [-0.4, -0.2) is 20.4 Å². The number of nitrogens with zero attached hydrogens (tertiary/aromatic N) is 2. The van der Waals surface area contributed by atoms with Crippen molar-refractivity contribution in [2.24, 2.45) is 0 Å². The molecule has 30 heavy (non-hydrogen) atoms. The first-order valence-electron chi connectivity index (χ1n) is 9.33. The summed E-state index contributed by atoms with van der Waals surface area (Å²) < 4.78 is 7.29. The number of amides is 1. The molecule has 0 aliphatic heterocycles. The van der Waals surface area contributed by atoms with Gasteiger partial charge < -0.3 is 15.0 Å². The number of aryl methyl sites for hydroxylation is 2. The van der Waals surface area contributed by atoms with Gasteiger partial charge in [-0.2, -0.15) is 0 Å². The highest BCUT2D eigenvalue weighted by Crippen LogP contribution is 2.22. The molecule has 2 aromatic carbocycles. The maximum atomic E-state index is 12.9. The van der Waals surface area contributed by atoms with Crippen LogP contribution in [0, 0.1) is 13.8 Å².